The van der Waals surface area contributed by atoms with Gasteiger partial charge >= 0.3 is 6.09 Å². The van der Waals surface area contributed by atoms with Crippen LogP contribution in [0.5, 0.6) is 0 Å². The minimum atomic E-state index is -0.338. The van der Waals surface area contributed by atoms with Gasteiger partial charge in [-0.15, -0.1) is 11.3 Å². The van der Waals surface area contributed by atoms with Gasteiger partial charge in [0.25, 0.3) is 5.91 Å². The summed E-state index contributed by atoms with van der Waals surface area (Å²) in [7, 11) is 1.82. The summed E-state index contributed by atoms with van der Waals surface area (Å²) in [6.07, 6.45) is 0.394. The van der Waals surface area contributed by atoms with Crippen LogP contribution in [0.15, 0.2) is 36.4 Å². The summed E-state index contributed by atoms with van der Waals surface area (Å²) in [5, 5.41) is 3.00. The van der Waals surface area contributed by atoms with Crippen molar-refractivity contribution < 1.29 is 23.9 Å². The van der Waals surface area contributed by atoms with Crippen molar-refractivity contribution in [2.45, 2.75) is 13.0 Å². The topological polar surface area (TPSA) is 88.2 Å². The highest BCUT2D eigenvalue weighted by Crippen LogP contribution is 2.25. The molecule has 1 aromatic heterocycles. The van der Waals surface area contributed by atoms with E-state index in [1.54, 1.807) is 9.80 Å². The van der Waals surface area contributed by atoms with Crippen molar-refractivity contribution in [3.63, 3.8) is 0 Å². The molecule has 2 amide bonds. The van der Waals surface area contributed by atoms with Crippen molar-refractivity contribution in [1.82, 2.24) is 5.32 Å². The zero-order valence-corrected chi connectivity index (χ0v) is 17.8. The van der Waals surface area contributed by atoms with Crippen molar-refractivity contribution in [1.29, 1.82) is 0 Å². The van der Waals surface area contributed by atoms with Gasteiger partial charge in [0.15, 0.2) is 6.29 Å². The van der Waals surface area contributed by atoms with Crippen LogP contribution in [0.25, 0.3) is 0 Å². The van der Waals surface area contributed by atoms with E-state index in [4.69, 9.17) is 9.47 Å². The number of morpholine rings is 1. The highest BCUT2D eigenvalue weighted by atomic mass is 32.1. The summed E-state index contributed by atoms with van der Waals surface area (Å²) in [5.74, 6) is -0.0475. The molecular weight excluding hydrogens is 406 g/mol. The lowest BCUT2D eigenvalue weighted by molar-refractivity contribution is -0.125. The van der Waals surface area contributed by atoms with E-state index in [0.717, 1.165) is 22.5 Å². The molecule has 1 atom stereocenters. The van der Waals surface area contributed by atoms with Crippen molar-refractivity contribution in [2.24, 2.45) is 0 Å². The summed E-state index contributed by atoms with van der Waals surface area (Å²) in [6, 6.07) is 11.1. The highest BCUT2D eigenvalue weighted by molar-refractivity contribution is 7.13. The van der Waals surface area contributed by atoms with Crippen molar-refractivity contribution >= 4 is 41.0 Å². The molecule has 2 saturated heterocycles. The third kappa shape index (κ3) is 5.44. The number of thiophene rings is 1. The first-order valence-corrected chi connectivity index (χ1v) is 10.5. The standard InChI is InChI=1S/C15H19N3O4.C6H6OS/c1-16-8-13-9-18(15(20)22-13)12-4-2-11(3-5-12)17-6-7-21-10-14(17)19;1-5-2-3-6(4-7)8-5/h2-5,13,16H,6-10H2,1H3;2-4H,1H3. The van der Waals surface area contributed by atoms with Gasteiger partial charge in [-0.3, -0.25) is 14.5 Å². The van der Waals surface area contributed by atoms with Gasteiger partial charge in [0.1, 0.15) is 12.7 Å². The lowest BCUT2D eigenvalue weighted by Gasteiger charge is -2.27. The van der Waals surface area contributed by atoms with Crippen LogP contribution in [-0.4, -0.2) is 64.3 Å². The van der Waals surface area contributed by atoms with Crippen LogP contribution in [0.1, 0.15) is 14.5 Å². The molecule has 160 valence electrons. The number of rotatable bonds is 5. The normalized spacial score (nSPS) is 18.7. The van der Waals surface area contributed by atoms with Gasteiger partial charge in [-0.2, -0.15) is 0 Å². The first-order chi connectivity index (χ1) is 14.5. The maximum Gasteiger partial charge on any atom is 0.414 e. The first-order valence-electron chi connectivity index (χ1n) is 9.64. The van der Waals surface area contributed by atoms with E-state index < -0.39 is 0 Å². The molecule has 0 aliphatic carbocycles. The Morgan fingerprint density at radius 2 is 1.83 bits per heavy atom. The van der Waals surface area contributed by atoms with Gasteiger partial charge < -0.3 is 19.7 Å². The largest absolute Gasteiger partial charge is 0.443 e. The summed E-state index contributed by atoms with van der Waals surface area (Å²) in [5.41, 5.74) is 1.59. The Morgan fingerprint density at radius 1 is 1.13 bits per heavy atom. The van der Waals surface area contributed by atoms with E-state index in [2.05, 4.69) is 5.32 Å². The molecule has 0 spiro atoms. The zero-order chi connectivity index (χ0) is 21.5. The molecule has 9 heteroatoms. The smallest absolute Gasteiger partial charge is 0.414 e. The zero-order valence-electron chi connectivity index (χ0n) is 17.0. The number of benzene rings is 1. The number of hydrogen-bond acceptors (Lipinski definition) is 7. The molecule has 3 heterocycles. The maximum atomic E-state index is 11.9. The second kappa shape index (κ2) is 10.3. The predicted molar refractivity (Wildman–Crippen MR) is 116 cm³/mol. The molecule has 1 N–H and O–H groups in total. The van der Waals surface area contributed by atoms with Gasteiger partial charge in [-0.25, -0.2) is 4.79 Å². The van der Waals surface area contributed by atoms with Crippen LogP contribution in [0, 0.1) is 6.92 Å². The van der Waals surface area contributed by atoms with Crippen molar-refractivity contribution in [3.05, 3.63) is 46.2 Å². The number of carbonyl (C=O) groups excluding carboxylic acids is 3. The predicted octanol–water partition coefficient (Wildman–Crippen LogP) is 2.46. The summed E-state index contributed by atoms with van der Waals surface area (Å²) < 4.78 is 10.4. The number of likely N-dealkylation sites (N-methyl/N-ethyl adjacent to an activating group) is 1. The van der Waals surface area contributed by atoms with Gasteiger partial charge in [0, 0.05) is 29.3 Å². The molecule has 4 rings (SSSR count). The molecule has 30 heavy (non-hydrogen) atoms. The van der Waals surface area contributed by atoms with Crippen LogP contribution in [0.4, 0.5) is 16.2 Å². The number of aldehydes is 1. The lowest BCUT2D eigenvalue weighted by Crippen LogP contribution is -2.41. The molecule has 2 aromatic rings. The van der Waals surface area contributed by atoms with E-state index in [1.165, 1.54) is 16.2 Å². The fraction of sp³-hybridized carbons (Fsp3) is 0.381. The second-order valence-corrected chi connectivity index (χ2v) is 8.17. The summed E-state index contributed by atoms with van der Waals surface area (Å²) in [4.78, 5) is 39.0. The Kier molecular flexibility index (Phi) is 7.56. The molecule has 2 aliphatic rings. The highest BCUT2D eigenvalue weighted by Gasteiger charge is 2.32. The van der Waals surface area contributed by atoms with Crippen LogP contribution < -0.4 is 15.1 Å². The molecule has 2 aliphatic heterocycles. The van der Waals surface area contributed by atoms with Crippen molar-refractivity contribution in [3.8, 4) is 0 Å². The number of nitrogens with zero attached hydrogens (tertiary/aromatic N) is 2. The van der Waals surface area contributed by atoms with Gasteiger partial charge in [0.2, 0.25) is 0 Å². The Balaban J connectivity index is 0.000000269. The minimum Gasteiger partial charge on any atom is -0.443 e. The number of cyclic esters (lactones) is 1. The average molecular weight is 432 g/mol. The van der Waals surface area contributed by atoms with Gasteiger partial charge in [-0.05, 0) is 50.4 Å². The average Bonchev–Trinajstić information content (AvgIpc) is 3.34. The maximum absolute atomic E-state index is 11.9. The molecule has 1 unspecified atom stereocenters. The number of carbonyl (C=O) groups is 3. The quantitative estimate of drug-likeness (QED) is 0.732. The monoisotopic (exact) mass is 431 g/mol. The van der Waals surface area contributed by atoms with E-state index in [9.17, 15) is 14.4 Å². The SMILES string of the molecule is CNCC1CN(c2ccc(N3CCOCC3=O)cc2)C(=O)O1.Cc1ccc(C=O)s1. The lowest BCUT2D eigenvalue weighted by atomic mass is 10.2. The Morgan fingerprint density at radius 3 is 2.37 bits per heavy atom. The third-order valence-corrected chi connectivity index (χ3v) is 5.57. The Hall–Kier alpha value is -2.75. The first kappa shape index (κ1) is 21.9. The number of anilines is 2. The van der Waals surface area contributed by atoms with E-state index in [1.807, 2.05) is 50.4 Å². The van der Waals surface area contributed by atoms with Crippen LogP contribution >= 0.6 is 11.3 Å². The molecular formula is C21H25N3O5S. The molecule has 0 bridgehead atoms. The number of nitrogens with one attached hydrogen (secondary N) is 1. The van der Waals surface area contributed by atoms with E-state index in [-0.39, 0.29) is 24.7 Å². The fourth-order valence-corrected chi connectivity index (χ4v) is 3.88. The minimum absolute atomic E-state index is 0.0475. The molecule has 0 radical (unpaired) electrons. The van der Waals surface area contributed by atoms with Crippen LogP contribution in [-0.2, 0) is 14.3 Å². The van der Waals surface area contributed by atoms with Crippen LogP contribution in [0.3, 0.4) is 0 Å². The molecule has 0 saturated carbocycles. The van der Waals surface area contributed by atoms with Crippen LogP contribution in [0.2, 0.25) is 0 Å². The van der Waals surface area contributed by atoms with Gasteiger partial charge in [-0.1, -0.05) is 0 Å². The fourth-order valence-electron chi connectivity index (χ4n) is 3.19. The number of aryl methyl sites for hydroxylation is 1. The summed E-state index contributed by atoms with van der Waals surface area (Å²) in [6.45, 7) is 4.34. The van der Waals surface area contributed by atoms with Crippen molar-refractivity contribution in [2.75, 3.05) is 49.7 Å². The number of hydrogen-bond donors (Lipinski definition) is 1. The summed E-state index contributed by atoms with van der Waals surface area (Å²) >= 11 is 1.52. The third-order valence-electron chi connectivity index (χ3n) is 4.64. The Labute approximate surface area is 179 Å². The van der Waals surface area contributed by atoms with E-state index >= 15 is 0 Å². The number of ether oxygens (including phenoxy) is 2. The molecule has 2 fully saturated rings. The van der Waals surface area contributed by atoms with Gasteiger partial charge in [0.05, 0.1) is 18.0 Å². The molecule has 1 aromatic carbocycles. The number of amides is 2. The van der Waals surface area contributed by atoms with E-state index in [0.29, 0.717) is 26.2 Å². The second-order valence-electron chi connectivity index (χ2n) is 6.85. The Bertz CT molecular complexity index is 883. The molecule has 8 nitrogen and oxygen atoms in total.